The van der Waals surface area contributed by atoms with Gasteiger partial charge in [-0.1, -0.05) is 18.5 Å². The van der Waals surface area contributed by atoms with Gasteiger partial charge in [0.1, 0.15) is 0 Å². The van der Waals surface area contributed by atoms with Gasteiger partial charge in [-0.25, -0.2) is 0 Å². The number of ether oxygens (including phenoxy) is 1. The first-order chi connectivity index (χ1) is 7.58. The average Bonchev–Trinajstić information content (AvgIpc) is 2.25. The fourth-order valence-electron chi connectivity index (χ4n) is 1.44. The molecule has 90 valence electrons. The van der Waals surface area contributed by atoms with Gasteiger partial charge in [-0.05, 0) is 47.0 Å². The van der Waals surface area contributed by atoms with Gasteiger partial charge in [-0.2, -0.15) is 0 Å². The molecule has 0 bridgehead atoms. The Balaban J connectivity index is 2.83. The van der Waals surface area contributed by atoms with Crippen LogP contribution >= 0.6 is 27.5 Å². The van der Waals surface area contributed by atoms with Crippen LogP contribution in [0.3, 0.4) is 0 Å². The molecule has 0 aliphatic rings. The van der Waals surface area contributed by atoms with Gasteiger partial charge < -0.3 is 10.1 Å². The van der Waals surface area contributed by atoms with Crippen LogP contribution in [0.2, 0.25) is 5.02 Å². The summed E-state index contributed by atoms with van der Waals surface area (Å²) >= 11 is 9.63. The zero-order valence-electron chi connectivity index (χ0n) is 9.81. The van der Waals surface area contributed by atoms with Gasteiger partial charge in [0.2, 0.25) is 0 Å². The summed E-state index contributed by atoms with van der Waals surface area (Å²) in [5.74, 6) is 0. The van der Waals surface area contributed by atoms with E-state index >= 15 is 0 Å². The van der Waals surface area contributed by atoms with Crippen molar-refractivity contribution in [1.29, 1.82) is 0 Å². The minimum absolute atomic E-state index is 0.306. The largest absolute Gasteiger partial charge is 0.383 e. The van der Waals surface area contributed by atoms with Gasteiger partial charge in [0.05, 0.1) is 12.3 Å². The lowest BCUT2D eigenvalue weighted by atomic mass is 10.2. The standard InChI is InChI=1S/C12H17BrClNO/c1-4-9(7-16-3)15-12-6-11(14)8(2)5-10(12)13/h5-6,9,15H,4,7H2,1-3H3. The van der Waals surface area contributed by atoms with Crippen molar-refractivity contribution in [3.05, 3.63) is 27.2 Å². The number of anilines is 1. The van der Waals surface area contributed by atoms with E-state index in [0.29, 0.717) is 12.6 Å². The van der Waals surface area contributed by atoms with E-state index in [1.54, 1.807) is 7.11 Å². The number of halogens is 2. The van der Waals surface area contributed by atoms with Gasteiger partial charge in [-0.3, -0.25) is 0 Å². The maximum absolute atomic E-state index is 6.10. The Morgan fingerprint density at radius 2 is 2.19 bits per heavy atom. The van der Waals surface area contributed by atoms with Crippen molar-refractivity contribution in [2.45, 2.75) is 26.3 Å². The minimum atomic E-state index is 0.306. The molecule has 1 aromatic rings. The van der Waals surface area contributed by atoms with Crippen LogP contribution in [0, 0.1) is 6.92 Å². The van der Waals surface area contributed by atoms with E-state index < -0.39 is 0 Å². The summed E-state index contributed by atoms with van der Waals surface area (Å²) in [6.07, 6.45) is 1.01. The van der Waals surface area contributed by atoms with Gasteiger partial charge in [0, 0.05) is 22.6 Å². The number of aryl methyl sites for hydroxylation is 1. The maximum atomic E-state index is 6.10. The van der Waals surface area contributed by atoms with Gasteiger partial charge in [0.15, 0.2) is 0 Å². The minimum Gasteiger partial charge on any atom is -0.383 e. The first-order valence-corrected chi connectivity index (χ1v) is 6.46. The van der Waals surface area contributed by atoms with Crippen LogP contribution in [-0.2, 0) is 4.74 Å². The van der Waals surface area contributed by atoms with Crippen LogP contribution in [0.15, 0.2) is 16.6 Å². The molecular formula is C12H17BrClNO. The topological polar surface area (TPSA) is 21.3 Å². The number of hydrogen-bond donors (Lipinski definition) is 1. The molecule has 0 saturated heterocycles. The third-order valence-electron chi connectivity index (χ3n) is 2.47. The zero-order chi connectivity index (χ0) is 12.1. The SMILES string of the molecule is CCC(COC)Nc1cc(Cl)c(C)cc1Br. The van der Waals surface area contributed by atoms with Crippen molar-refractivity contribution >= 4 is 33.2 Å². The van der Waals surface area contributed by atoms with Crippen molar-refractivity contribution in [1.82, 2.24) is 0 Å². The molecule has 0 amide bonds. The summed E-state index contributed by atoms with van der Waals surface area (Å²) < 4.78 is 6.18. The lowest BCUT2D eigenvalue weighted by molar-refractivity contribution is 0.184. The van der Waals surface area contributed by atoms with Crippen LogP contribution in [-0.4, -0.2) is 19.8 Å². The highest BCUT2D eigenvalue weighted by Gasteiger charge is 2.09. The fourth-order valence-corrected chi connectivity index (χ4v) is 2.18. The molecule has 0 aromatic heterocycles. The van der Waals surface area contributed by atoms with Gasteiger partial charge >= 0.3 is 0 Å². The highest BCUT2D eigenvalue weighted by Crippen LogP contribution is 2.29. The third kappa shape index (κ3) is 3.65. The summed E-state index contributed by atoms with van der Waals surface area (Å²) in [5.41, 5.74) is 2.08. The van der Waals surface area contributed by atoms with Crippen molar-refractivity contribution in [3.8, 4) is 0 Å². The number of benzene rings is 1. The summed E-state index contributed by atoms with van der Waals surface area (Å²) in [6, 6.07) is 4.27. The Morgan fingerprint density at radius 1 is 1.50 bits per heavy atom. The molecule has 0 fully saturated rings. The van der Waals surface area contributed by atoms with Crippen LogP contribution in [0.1, 0.15) is 18.9 Å². The average molecular weight is 307 g/mol. The lowest BCUT2D eigenvalue weighted by Gasteiger charge is -2.19. The molecule has 1 unspecified atom stereocenters. The molecule has 0 heterocycles. The molecule has 0 radical (unpaired) electrons. The van der Waals surface area contributed by atoms with E-state index in [2.05, 4.69) is 28.2 Å². The van der Waals surface area contributed by atoms with E-state index in [1.165, 1.54) is 0 Å². The highest BCUT2D eigenvalue weighted by atomic mass is 79.9. The number of rotatable bonds is 5. The maximum Gasteiger partial charge on any atom is 0.0663 e. The lowest BCUT2D eigenvalue weighted by Crippen LogP contribution is -2.24. The van der Waals surface area contributed by atoms with Gasteiger partial charge in [0.25, 0.3) is 0 Å². The predicted octanol–water partition coefficient (Wildman–Crippen LogP) is 4.25. The summed E-state index contributed by atoms with van der Waals surface area (Å²) in [4.78, 5) is 0. The van der Waals surface area contributed by atoms with Crippen molar-refractivity contribution in [3.63, 3.8) is 0 Å². The molecule has 1 rings (SSSR count). The molecular weight excluding hydrogens is 289 g/mol. The Hall–Kier alpha value is -0.250. The monoisotopic (exact) mass is 305 g/mol. The Kier molecular flexibility index (Phi) is 5.59. The van der Waals surface area contributed by atoms with Crippen LogP contribution in [0.5, 0.6) is 0 Å². The fraction of sp³-hybridized carbons (Fsp3) is 0.500. The van der Waals surface area contributed by atoms with E-state index in [1.807, 2.05) is 19.1 Å². The number of hydrogen-bond acceptors (Lipinski definition) is 2. The van der Waals surface area contributed by atoms with Crippen LogP contribution in [0.25, 0.3) is 0 Å². The van der Waals surface area contributed by atoms with Crippen molar-refractivity contribution in [2.75, 3.05) is 19.0 Å². The second kappa shape index (κ2) is 6.48. The molecule has 0 aliphatic carbocycles. The molecule has 4 heteroatoms. The summed E-state index contributed by atoms with van der Waals surface area (Å²) in [6.45, 7) is 4.80. The summed E-state index contributed by atoms with van der Waals surface area (Å²) in [5, 5.41) is 4.19. The zero-order valence-corrected chi connectivity index (χ0v) is 12.2. The number of nitrogens with one attached hydrogen (secondary N) is 1. The Bertz CT molecular complexity index is 357. The quantitative estimate of drug-likeness (QED) is 0.878. The second-order valence-electron chi connectivity index (χ2n) is 3.79. The van der Waals surface area contributed by atoms with E-state index in [4.69, 9.17) is 16.3 Å². The van der Waals surface area contributed by atoms with E-state index in [0.717, 1.165) is 27.2 Å². The predicted molar refractivity (Wildman–Crippen MR) is 73.5 cm³/mol. The second-order valence-corrected chi connectivity index (χ2v) is 5.05. The van der Waals surface area contributed by atoms with Crippen LogP contribution < -0.4 is 5.32 Å². The van der Waals surface area contributed by atoms with E-state index in [-0.39, 0.29) is 0 Å². The third-order valence-corrected chi connectivity index (χ3v) is 3.53. The van der Waals surface area contributed by atoms with Crippen molar-refractivity contribution in [2.24, 2.45) is 0 Å². The molecule has 16 heavy (non-hydrogen) atoms. The highest BCUT2D eigenvalue weighted by molar-refractivity contribution is 9.10. The molecule has 0 aliphatic heterocycles. The molecule has 1 aromatic carbocycles. The Morgan fingerprint density at radius 3 is 2.75 bits per heavy atom. The van der Waals surface area contributed by atoms with Gasteiger partial charge in [-0.15, -0.1) is 0 Å². The number of methoxy groups -OCH3 is 1. The Labute approximate surface area is 110 Å². The molecule has 0 spiro atoms. The van der Waals surface area contributed by atoms with Crippen LogP contribution in [0.4, 0.5) is 5.69 Å². The first kappa shape index (κ1) is 13.8. The first-order valence-electron chi connectivity index (χ1n) is 5.29. The molecule has 1 N–H and O–H groups in total. The molecule has 2 nitrogen and oxygen atoms in total. The van der Waals surface area contributed by atoms with Crippen molar-refractivity contribution < 1.29 is 4.74 Å². The smallest absolute Gasteiger partial charge is 0.0663 e. The molecule has 1 atom stereocenters. The van der Waals surface area contributed by atoms with E-state index in [9.17, 15) is 0 Å². The normalized spacial score (nSPS) is 12.6. The summed E-state index contributed by atoms with van der Waals surface area (Å²) in [7, 11) is 1.71. The molecule has 0 saturated carbocycles.